The Balaban J connectivity index is 1.32. The molecule has 0 aliphatic heterocycles. The molecule has 6 nitrogen and oxygen atoms in total. The highest BCUT2D eigenvalue weighted by Crippen LogP contribution is 2.56. The number of rotatable bonds is 13. The summed E-state index contributed by atoms with van der Waals surface area (Å²) in [6, 6.07) is 0. The summed E-state index contributed by atoms with van der Waals surface area (Å²) in [7, 11) is -6.36. The maximum atomic E-state index is 13.9. The summed E-state index contributed by atoms with van der Waals surface area (Å²) in [5.41, 5.74) is 0. The van der Waals surface area contributed by atoms with Gasteiger partial charge in [-0.15, -0.1) is 0 Å². The Bertz CT molecular complexity index is 599. The third-order valence-corrected chi connectivity index (χ3v) is 12.8. The Kier molecular flexibility index (Phi) is 12.4. The molecule has 0 aromatic carbocycles. The lowest BCUT2D eigenvalue weighted by molar-refractivity contribution is 0.0767. The summed E-state index contributed by atoms with van der Waals surface area (Å²) < 4.78 is 52.9. The molecule has 0 amide bonds. The van der Waals surface area contributed by atoms with E-state index in [0.717, 1.165) is 103 Å². The van der Waals surface area contributed by atoms with Crippen molar-refractivity contribution in [2.24, 2.45) is 0 Å². The van der Waals surface area contributed by atoms with Crippen LogP contribution in [0.3, 0.4) is 0 Å². The van der Waals surface area contributed by atoms with E-state index in [2.05, 4.69) is 0 Å². The predicted molar refractivity (Wildman–Crippen MR) is 146 cm³/mol. The molecular formula is C28H52O6P2. The van der Waals surface area contributed by atoms with Crippen molar-refractivity contribution in [1.29, 1.82) is 0 Å². The highest BCUT2D eigenvalue weighted by molar-refractivity contribution is 7.54. The van der Waals surface area contributed by atoms with Crippen LogP contribution < -0.4 is 0 Å². The van der Waals surface area contributed by atoms with Crippen molar-refractivity contribution in [2.45, 2.75) is 166 Å². The van der Waals surface area contributed by atoms with Crippen molar-refractivity contribution < 1.29 is 27.2 Å². The van der Waals surface area contributed by atoms with Crippen LogP contribution in [0.1, 0.15) is 141 Å². The van der Waals surface area contributed by atoms with Crippen LogP contribution in [0.15, 0.2) is 0 Å². The number of hydrogen-bond donors (Lipinski definition) is 0. The molecule has 0 aromatic rings. The lowest BCUT2D eigenvalue weighted by Gasteiger charge is -2.32. The third-order valence-electron chi connectivity index (χ3n) is 8.56. The maximum absolute atomic E-state index is 13.9. The normalized spacial score (nSPS) is 24.8. The van der Waals surface area contributed by atoms with Crippen LogP contribution >= 0.6 is 15.2 Å². The van der Waals surface area contributed by atoms with Gasteiger partial charge in [-0.1, -0.05) is 77.0 Å². The van der Waals surface area contributed by atoms with E-state index in [1.165, 1.54) is 25.7 Å². The molecule has 36 heavy (non-hydrogen) atoms. The highest BCUT2D eigenvalue weighted by atomic mass is 31.2. The molecule has 4 aliphatic carbocycles. The van der Waals surface area contributed by atoms with Crippen LogP contribution in [-0.4, -0.2) is 36.7 Å². The monoisotopic (exact) mass is 546 g/mol. The fourth-order valence-corrected chi connectivity index (χ4v) is 10.9. The summed E-state index contributed by atoms with van der Waals surface area (Å²) in [6.45, 7) is 0. The van der Waals surface area contributed by atoms with Gasteiger partial charge >= 0.3 is 15.2 Å². The predicted octanol–water partition coefficient (Wildman–Crippen LogP) is 9.55. The Morgan fingerprint density at radius 2 is 0.611 bits per heavy atom. The maximum Gasteiger partial charge on any atom is 0.331 e. The van der Waals surface area contributed by atoms with Crippen molar-refractivity contribution in [3.63, 3.8) is 0 Å². The zero-order chi connectivity index (χ0) is 25.1. The van der Waals surface area contributed by atoms with Gasteiger partial charge in [0.15, 0.2) is 0 Å². The van der Waals surface area contributed by atoms with Crippen LogP contribution in [0.2, 0.25) is 0 Å². The van der Waals surface area contributed by atoms with Gasteiger partial charge in [-0.2, -0.15) is 0 Å². The van der Waals surface area contributed by atoms with Crippen molar-refractivity contribution in [1.82, 2.24) is 0 Å². The molecule has 4 aliphatic rings. The van der Waals surface area contributed by atoms with Gasteiger partial charge in [0.1, 0.15) is 0 Å². The Hall–Kier alpha value is 0.300. The standard InChI is InChI=1S/C28H52O6P2/c29-35(31-25-15-5-1-6-16-25,32-26-17-7-2-8-18-26)23-13-14-24-36(30,33-27-19-9-3-10-20-27)34-28-21-11-4-12-22-28/h25-28H,1-24H2. The van der Waals surface area contributed by atoms with Gasteiger partial charge in [-0.25, -0.2) is 0 Å². The average molecular weight is 547 g/mol. The third kappa shape index (κ3) is 10.1. The molecule has 0 bridgehead atoms. The van der Waals surface area contributed by atoms with Gasteiger partial charge in [0.05, 0.1) is 36.7 Å². The van der Waals surface area contributed by atoms with Crippen molar-refractivity contribution in [3.8, 4) is 0 Å². The Morgan fingerprint density at radius 1 is 0.389 bits per heavy atom. The summed E-state index contributed by atoms with van der Waals surface area (Å²) >= 11 is 0. The molecule has 210 valence electrons. The fraction of sp³-hybridized carbons (Fsp3) is 1.00. The molecule has 0 radical (unpaired) electrons. The summed E-state index contributed by atoms with van der Waals surface area (Å²) in [5, 5.41) is 0. The smallest absolute Gasteiger partial charge is 0.305 e. The van der Waals surface area contributed by atoms with Crippen molar-refractivity contribution >= 4 is 15.2 Å². The second-order valence-corrected chi connectivity index (χ2v) is 16.0. The Morgan fingerprint density at radius 3 is 0.833 bits per heavy atom. The second kappa shape index (κ2) is 15.2. The van der Waals surface area contributed by atoms with Gasteiger partial charge in [0, 0.05) is 0 Å². The Labute approximate surface area is 220 Å². The van der Waals surface area contributed by atoms with Crippen molar-refractivity contribution in [3.05, 3.63) is 0 Å². The average Bonchev–Trinajstić information content (AvgIpc) is 2.89. The highest BCUT2D eigenvalue weighted by Gasteiger charge is 2.36. The van der Waals surface area contributed by atoms with Gasteiger partial charge in [0.25, 0.3) is 0 Å². The van der Waals surface area contributed by atoms with Crippen LogP contribution in [0, 0.1) is 0 Å². The van der Waals surface area contributed by atoms with Crippen molar-refractivity contribution in [2.75, 3.05) is 12.3 Å². The molecule has 0 spiro atoms. The molecule has 0 N–H and O–H groups in total. The summed E-state index contributed by atoms with van der Waals surface area (Å²) in [6.07, 6.45) is 24.4. The molecular weight excluding hydrogens is 494 g/mol. The van der Waals surface area contributed by atoms with Gasteiger partial charge in [0.2, 0.25) is 0 Å². The van der Waals surface area contributed by atoms with E-state index < -0.39 is 15.2 Å². The fourth-order valence-electron chi connectivity index (χ4n) is 6.46. The van der Waals surface area contributed by atoms with Crippen LogP contribution in [0.5, 0.6) is 0 Å². The number of hydrogen-bond acceptors (Lipinski definition) is 6. The van der Waals surface area contributed by atoms with E-state index in [1.54, 1.807) is 0 Å². The minimum Gasteiger partial charge on any atom is -0.305 e. The first kappa shape index (κ1) is 29.3. The minimum atomic E-state index is -3.18. The first-order chi connectivity index (χ1) is 17.5. The molecule has 0 unspecified atom stereocenters. The van der Waals surface area contributed by atoms with Crippen LogP contribution in [0.25, 0.3) is 0 Å². The quantitative estimate of drug-likeness (QED) is 0.169. The topological polar surface area (TPSA) is 71.1 Å². The molecule has 0 aromatic heterocycles. The minimum absolute atomic E-state index is 0.0588. The molecule has 0 saturated heterocycles. The largest absolute Gasteiger partial charge is 0.331 e. The van der Waals surface area contributed by atoms with Crippen LogP contribution in [0.4, 0.5) is 0 Å². The first-order valence-corrected chi connectivity index (χ1v) is 18.9. The summed E-state index contributed by atoms with van der Waals surface area (Å²) in [4.78, 5) is 0. The van der Waals surface area contributed by atoms with Gasteiger partial charge in [-0.05, 0) is 64.2 Å². The van der Waals surface area contributed by atoms with E-state index >= 15 is 0 Å². The number of unbranched alkanes of at least 4 members (excludes halogenated alkanes) is 1. The van der Waals surface area contributed by atoms with E-state index in [-0.39, 0.29) is 24.4 Å². The van der Waals surface area contributed by atoms with E-state index in [9.17, 15) is 9.13 Å². The molecule has 8 heteroatoms. The SMILES string of the molecule is O=P(CCCCP(=O)(OC1CCCCC1)OC1CCCCC1)(OC1CCCCC1)OC1CCCCC1. The lowest BCUT2D eigenvalue weighted by atomic mass is 9.98. The molecule has 4 fully saturated rings. The molecule has 4 rings (SSSR count). The molecule has 0 heterocycles. The molecule has 4 saturated carbocycles. The first-order valence-electron chi connectivity index (χ1n) is 15.4. The van der Waals surface area contributed by atoms with Crippen LogP contribution in [-0.2, 0) is 27.2 Å². The zero-order valence-corrected chi connectivity index (χ0v) is 24.4. The second-order valence-electron chi connectivity index (χ2n) is 11.8. The van der Waals surface area contributed by atoms with E-state index in [0.29, 0.717) is 25.2 Å². The lowest BCUT2D eigenvalue weighted by Crippen LogP contribution is -2.22. The van der Waals surface area contributed by atoms with E-state index in [1.807, 2.05) is 0 Å². The summed E-state index contributed by atoms with van der Waals surface area (Å²) in [5.74, 6) is 0. The van der Waals surface area contributed by atoms with Gasteiger partial charge < -0.3 is 18.1 Å². The zero-order valence-electron chi connectivity index (χ0n) is 22.6. The van der Waals surface area contributed by atoms with E-state index in [4.69, 9.17) is 18.1 Å². The van der Waals surface area contributed by atoms with Gasteiger partial charge in [-0.3, -0.25) is 9.13 Å². The molecule has 0 atom stereocenters.